The molecule has 0 aliphatic rings. The number of hydrogen-bond donors (Lipinski definition) is 2. The fourth-order valence-corrected chi connectivity index (χ4v) is 2.10. The Morgan fingerprint density at radius 1 is 1.22 bits per heavy atom. The van der Waals surface area contributed by atoms with Gasteiger partial charge in [0.15, 0.2) is 0 Å². The maximum atomic E-state index is 13.6. The van der Waals surface area contributed by atoms with Crippen LogP contribution in [0, 0.1) is 5.82 Å². The number of nitrogens with zero attached hydrogens (tertiary/aromatic N) is 1. The SMILES string of the molecule is CCN(CC(=O)Nc1cc(Cl)ccc1F)CC(=O)NC(C)(C)C. The van der Waals surface area contributed by atoms with Crippen LogP contribution < -0.4 is 10.6 Å². The van der Waals surface area contributed by atoms with Crippen molar-refractivity contribution < 1.29 is 14.0 Å². The summed E-state index contributed by atoms with van der Waals surface area (Å²) in [5.74, 6) is -1.13. The molecule has 2 amide bonds. The Morgan fingerprint density at radius 3 is 2.39 bits per heavy atom. The Labute approximate surface area is 141 Å². The van der Waals surface area contributed by atoms with Crippen LogP contribution in [-0.4, -0.2) is 41.9 Å². The van der Waals surface area contributed by atoms with Gasteiger partial charge in [0.1, 0.15) is 5.82 Å². The molecule has 0 bridgehead atoms. The lowest BCUT2D eigenvalue weighted by Gasteiger charge is -2.24. The molecule has 0 radical (unpaired) electrons. The molecule has 1 aromatic rings. The molecular weight excluding hydrogens is 321 g/mol. The minimum Gasteiger partial charge on any atom is -0.350 e. The number of hydrogen-bond acceptors (Lipinski definition) is 3. The number of nitrogens with one attached hydrogen (secondary N) is 2. The second-order valence-electron chi connectivity index (χ2n) is 6.27. The number of carbonyl (C=O) groups excluding carboxylic acids is 2. The van der Waals surface area contributed by atoms with Gasteiger partial charge in [0.2, 0.25) is 11.8 Å². The van der Waals surface area contributed by atoms with E-state index in [9.17, 15) is 14.0 Å². The summed E-state index contributed by atoms with van der Waals surface area (Å²) in [5, 5.41) is 5.63. The number of benzene rings is 1. The monoisotopic (exact) mass is 343 g/mol. The smallest absolute Gasteiger partial charge is 0.238 e. The van der Waals surface area contributed by atoms with Crippen molar-refractivity contribution in [1.29, 1.82) is 0 Å². The molecule has 0 aliphatic heterocycles. The van der Waals surface area contributed by atoms with Crippen molar-refractivity contribution in [2.45, 2.75) is 33.2 Å². The first kappa shape index (κ1) is 19.4. The zero-order chi connectivity index (χ0) is 17.6. The second kappa shape index (κ2) is 8.26. The third-order valence-electron chi connectivity index (χ3n) is 2.90. The Kier molecular flexibility index (Phi) is 6.97. The minimum atomic E-state index is -0.559. The van der Waals surface area contributed by atoms with Crippen molar-refractivity contribution in [3.8, 4) is 0 Å². The van der Waals surface area contributed by atoms with E-state index in [2.05, 4.69) is 10.6 Å². The summed E-state index contributed by atoms with van der Waals surface area (Å²) in [6, 6.07) is 3.94. The highest BCUT2D eigenvalue weighted by molar-refractivity contribution is 6.30. The van der Waals surface area contributed by atoms with Crippen molar-refractivity contribution in [3.63, 3.8) is 0 Å². The summed E-state index contributed by atoms with van der Waals surface area (Å²) >= 11 is 5.78. The lowest BCUT2D eigenvalue weighted by Crippen LogP contribution is -2.47. The predicted molar refractivity (Wildman–Crippen MR) is 90.0 cm³/mol. The fourth-order valence-electron chi connectivity index (χ4n) is 1.93. The van der Waals surface area contributed by atoms with Crippen LogP contribution >= 0.6 is 11.6 Å². The summed E-state index contributed by atoms with van der Waals surface area (Å²) in [6.45, 7) is 8.10. The molecular formula is C16H23ClFN3O2. The Morgan fingerprint density at radius 2 is 1.83 bits per heavy atom. The van der Waals surface area contributed by atoms with Crippen LogP contribution in [0.5, 0.6) is 0 Å². The first-order valence-electron chi connectivity index (χ1n) is 7.39. The summed E-state index contributed by atoms with van der Waals surface area (Å²) in [4.78, 5) is 25.6. The Bertz CT molecular complexity index is 573. The molecule has 7 heteroatoms. The van der Waals surface area contributed by atoms with Crippen molar-refractivity contribution in [1.82, 2.24) is 10.2 Å². The lowest BCUT2D eigenvalue weighted by atomic mass is 10.1. The Balaban J connectivity index is 2.59. The predicted octanol–water partition coefficient (Wildman–Crippen LogP) is 2.65. The van der Waals surface area contributed by atoms with Gasteiger partial charge in [0.05, 0.1) is 18.8 Å². The zero-order valence-corrected chi connectivity index (χ0v) is 14.6. The molecule has 0 heterocycles. The van der Waals surface area contributed by atoms with Crippen molar-refractivity contribution in [2.24, 2.45) is 0 Å². The van der Waals surface area contributed by atoms with E-state index in [1.807, 2.05) is 27.7 Å². The van der Waals surface area contributed by atoms with E-state index in [4.69, 9.17) is 11.6 Å². The maximum absolute atomic E-state index is 13.6. The van der Waals surface area contributed by atoms with Crippen LogP contribution in [-0.2, 0) is 9.59 Å². The van der Waals surface area contributed by atoms with Gasteiger partial charge in [-0.1, -0.05) is 18.5 Å². The van der Waals surface area contributed by atoms with Crippen molar-refractivity contribution in [2.75, 3.05) is 25.0 Å². The third kappa shape index (κ3) is 7.43. The van der Waals surface area contributed by atoms with Crippen molar-refractivity contribution >= 4 is 29.1 Å². The summed E-state index contributed by atoms with van der Waals surface area (Å²) in [5.41, 5.74) is -0.305. The largest absolute Gasteiger partial charge is 0.350 e. The van der Waals surface area contributed by atoms with Gasteiger partial charge in [-0.2, -0.15) is 0 Å². The van der Waals surface area contributed by atoms with Gasteiger partial charge in [-0.15, -0.1) is 0 Å². The van der Waals surface area contributed by atoms with Crippen LogP contribution in [0.4, 0.5) is 10.1 Å². The average molecular weight is 344 g/mol. The molecule has 2 N–H and O–H groups in total. The van der Waals surface area contributed by atoms with E-state index in [0.717, 1.165) is 0 Å². The van der Waals surface area contributed by atoms with Gasteiger partial charge >= 0.3 is 0 Å². The molecule has 0 atom stereocenters. The van der Waals surface area contributed by atoms with Gasteiger partial charge in [0, 0.05) is 10.6 Å². The maximum Gasteiger partial charge on any atom is 0.238 e. The molecule has 0 saturated carbocycles. The van der Waals surface area contributed by atoms with Crippen molar-refractivity contribution in [3.05, 3.63) is 29.0 Å². The molecule has 0 aromatic heterocycles. The van der Waals surface area contributed by atoms with Crippen LogP contribution in [0.3, 0.4) is 0 Å². The second-order valence-corrected chi connectivity index (χ2v) is 6.71. The fraction of sp³-hybridized carbons (Fsp3) is 0.500. The molecule has 128 valence electrons. The molecule has 0 saturated heterocycles. The molecule has 0 aliphatic carbocycles. The molecule has 0 fully saturated rings. The molecule has 0 spiro atoms. The quantitative estimate of drug-likeness (QED) is 0.834. The first-order valence-corrected chi connectivity index (χ1v) is 7.77. The van der Waals surface area contributed by atoms with Gasteiger partial charge in [-0.25, -0.2) is 4.39 Å². The van der Waals surface area contributed by atoms with Gasteiger partial charge in [-0.3, -0.25) is 14.5 Å². The number of amides is 2. The molecule has 5 nitrogen and oxygen atoms in total. The van der Waals surface area contributed by atoms with Crippen LogP contribution in [0.2, 0.25) is 5.02 Å². The molecule has 23 heavy (non-hydrogen) atoms. The molecule has 0 unspecified atom stereocenters. The van der Waals surface area contributed by atoms with Crippen LogP contribution in [0.15, 0.2) is 18.2 Å². The van der Waals surface area contributed by atoms with Crippen LogP contribution in [0.1, 0.15) is 27.7 Å². The van der Waals surface area contributed by atoms with Gasteiger partial charge in [0.25, 0.3) is 0 Å². The molecule has 1 rings (SSSR count). The van der Waals surface area contributed by atoms with E-state index >= 15 is 0 Å². The van der Waals surface area contributed by atoms with E-state index < -0.39 is 11.7 Å². The third-order valence-corrected chi connectivity index (χ3v) is 3.13. The van der Waals surface area contributed by atoms with E-state index in [0.29, 0.717) is 11.6 Å². The molecule has 1 aromatic carbocycles. The number of likely N-dealkylation sites (N-methyl/N-ethyl adjacent to an activating group) is 1. The highest BCUT2D eigenvalue weighted by atomic mass is 35.5. The highest BCUT2D eigenvalue weighted by Gasteiger charge is 2.18. The van der Waals surface area contributed by atoms with E-state index in [1.165, 1.54) is 18.2 Å². The summed E-state index contributed by atoms with van der Waals surface area (Å²) in [6.07, 6.45) is 0. The lowest BCUT2D eigenvalue weighted by molar-refractivity contribution is -0.124. The van der Waals surface area contributed by atoms with Gasteiger partial charge < -0.3 is 10.6 Å². The topological polar surface area (TPSA) is 61.4 Å². The minimum absolute atomic E-state index is 0.0139. The van der Waals surface area contributed by atoms with Gasteiger partial charge in [-0.05, 0) is 45.5 Å². The van der Waals surface area contributed by atoms with Crippen LogP contribution in [0.25, 0.3) is 0 Å². The first-order chi connectivity index (χ1) is 10.6. The zero-order valence-electron chi connectivity index (χ0n) is 13.9. The Hall–Kier alpha value is -1.66. The highest BCUT2D eigenvalue weighted by Crippen LogP contribution is 2.19. The summed E-state index contributed by atoms with van der Waals surface area (Å²) < 4.78 is 13.6. The van der Waals surface area contributed by atoms with E-state index in [1.54, 1.807) is 4.90 Å². The summed E-state index contributed by atoms with van der Waals surface area (Å²) in [7, 11) is 0. The number of rotatable bonds is 6. The normalized spacial score (nSPS) is 11.4. The average Bonchev–Trinajstić information content (AvgIpc) is 2.40. The standard InChI is InChI=1S/C16H23ClFN3O2/c1-5-21(10-15(23)20-16(2,3)4)9-14(22)19-13-8-11(17)6-7-12(13)18/h6-8H,5,9-10H2,1-4H3,(H,19,22)(H,20,23). The number of carbonyl (C=O) groups is 2. The number of halogens is 2. The van der Waals surface area contributed by atoms with E-state index in [-0.39, 0.29) is 30.2 Å². The number of anilines is 1.